The van der Waals surface area contributed by atoms with E-state index in [9.17, 15) is 18.8 Å². The van der Waals surface area contributed by atoms with E-state index < -0.39 is 6.04 Å². The number of nitrogens with one attached hydrogen (secondary N) is 1. The Hall–Kier alpha value is -2.24. The molecule has 2 fully saturated rings. The van der Waals surface area contributed by atoms with Crippen LogP contribution in [0.2, 0.25) is 0 Å². The van der Waals surface area contributed by atoms with Crippen LogP contribution in [0.15, 0.2) is 24.3 Å². The molecule has 1 saturated heterocycles. The lowest BCUT2D eigenvalue weighted by molar-refractivity contribution is -0.141. The summed E-state index contributed by atoms with van der Waals surface area (Å²) in [5.74, 6) is -0.347. The maximum Gasteiger partial charge on any atom is 0.251 e. The predicted molar refractivity (Wildman–Crippen MR) is 91.4 cm³/mol. The number of ketones is 1. The Bertz CT molecular complexity index is 714. The normalized spacial score (nSPS) is 27.3. The van der Waals surface area contributed by atoms with Crippen LogP contribution in [0.1, 0.15) is 33.6 Å². The Labute approximate surface area is 146 Å². The van der Waals surface area contributed by atoms with E-state index in [1.165, 1.54) is 17.0 Å². The highest BCUT2D eigenvalue weighted by molar-refractivity contribution is 6.05. The largest absolute Gasteiger partial charge is 0.343 e. The number of anilines is 1. The standard InChI is InChI=1S/C19H23FN2O3/c1-11(23)15-8-12(19(15,2)3)9-17(24)21-16-10-22(18(16)25)14-6-4-13(20)5-7-14/h4-7,12,15-16H,8-10H2,1-3H3,(H,21,24)/t12-,15+,16?/m1/s1. The Balaban J connectivity index is 1.50. The van der Waals surface area contributed by atoms with E-state index in [-0.39, 0.29) is 40.7 Å². The molecule has 1 unspecified atom stereocenters. The van der Waals surface area contributed by atoms with Gasteiger partial charge in [-0.05, 0) is 48.9 Å². The first-order chi connectivity index (χ1) is 11.7. The number of nitrogens with zero attached hydrogens (tertiary/aromatic N) is 1. The number of Topliss-reactive ketones (excluding diaryl/α,β-unsaturated/α-hetero) is 1. The molecular weight excluding hydrogens is 323 g/mol. The van der Waals surface area contributed by atoms with Crippen molar-refractivity contribution in [3.8, 4) is 0 Å². The molecule has 0 bridgehead atoms. The van der Waals surface area contributed by atoms with Gasteiger partial charge in [0.2, 0.25) is 5.91 Å². The summed E-state index contributed by atoms with van der Waals surface area (Å²) >= 11 is 0. The monoisotopic (exact) mass is 346 g/mol. The zero-order valence-electron chi connectivity index (χ0n) is 14.7. The third kappa shape index (κ3) is 3.17. The number of hydrogen-bond acceptors (Lipinski definition) is 3. The van der Waals surface area contributed by atoms with Crippen LogP contribution in [0.4, 0.5) is 10.1 Å². The second-order valence-corrected chi connectivity index (χ2v) is 7.67. The molecule has 0 radical (unpaired) electrons. The van der Waals surface area contributed by atoms with Crippen molar-refractivity contribution in [3.63, 3.8) is 0 Å². The fourth-order valence-electron chi connectivity index (χ4n) is 3.92. The van der Waals surface area contributed by atoms with Crippen LogP contribution in [-0.2, 0) is 14.4 Å². The van der Waals surface area contributed by atoms with Crippen molar-refractivity contribution in [2.45, 2.75) is 39.7 Å². The van der Waals surface area contributed by atoms with E-state index in [0.717, 1.165) is 6.42 Å². The maximum atomic E-state index is 12.9. The molecule has 134 valence electrons. The van der Waals surface area contributed by atoms with Crippen molar-refractivity contribution in [3.05, 3.63) is 30.1 Å². The lowest BCUT2D eigenvalue weighted by Crippen LogP contribution is -2.64. The molecule has 1 aromatic carbocycles. The zero-order valence-corrected chi connectivity index (χ0v) is 14.7. The van der Waals surface area contributed by atoms with Gasteiger partial charge in [-0.2, -0.15) is 0 Å². The minimum atomic E-state index is -0.524. The van der Waals surface area contributed by atoms with E-state index >= 15 is 0 Å². The quantitative estimate of drug-likeness (QED) is 0.832. The summed E-state index contributed by atoms with van der Waals surface area (Å²) in [7, 11) is 0. The predicted octanol–water partition coefficient (Wildman–Crippen LogP) is 2.30. The number of amides is 2. The van der Waals surface area contributed by atoms with Crippen molar-refractivity contribution in [1.29, 1.82) is 0 Å². The first-order valence-electron chi connectivity index (χ1n) is 8.57. The SMILES string of the molecule is CC(=O)[C@@H]1C[C@H](CC(=O)NC2CN(c3ccc(F)cc3)C2=O)C1(C)C. The second-order valence-electron chi connectivity index (χ2n) is 7.67. The molecule has 1 aliphatic carbocycles. The van der Waals surface area contributed by atoms with Gasteiger partial charge >= 0.3 is 0 Å². The van der Waals surface area contributed by atoms with Gasteiger partial charge in [0.25, 0.3) is 5.91 Å². The van der Waals surface area contributed by atoms with Gasteiger partial charge in [-0.3, -0.25) is 14.4 Å². The van der Waals surface area contributed by atoms with Gasteiger partial charge in [0.05, 0.1) is 6.54 Å². The average molecular weight is 346 g/mol. The minimum absolute atomic E-state index is 0.0182. The molecule has 5 nitrogen and oxygen atoms in total. The van der Waals surface area contributed by atoms with Gasteiger partial charge in [0, 0.05) is 18.0 Å². The number of benzene rings is 1. The summed E-state index contributed by atoms with van der Waals surface area (Å²) in [4.78, 5) is 37.5. The van der Waals surface area contributed by atoms with E-state index in [1.807, 2.05) is 13.8 Å². The van der Waals surface area contributed by atoms with Gasteiger partial charge in [0.15, 0.2) is 0 Å². The van der Waals surface area contributed by atoms with Gasteiger partial charge in [-0.1, -0.05) is 13.8 Å². The van der Waals surface area contributed by atoms with Crippen molar-refractivity contribution in [1.82, 2.24) is 5.32 Å². The molecule has 3 rings (SSSR count). The number of carbonyl (C=O) groups excluding carboxylic acids is 3. The molecule has 1 heterocycles. The number of β-lactam (4-membered cyclic amide) rings is 1. The Morgan fingerprint density at radius 2 is 1.92 bits per heavy atom. The molecule has 2 aliphatic rings. The third-order valence-electron chi connectivity index (χ3n) is 5.80. The van der Waals surface area contributed by atoms with Gasteiger partial charge in [-0.25, -0.2) is 4.39 Å². The number of carbonyl (C=O) groups is 3. The van der Waals surface area contributed by atoms with Crippen LogP contribution in [0, 0.1) is 23.1 Å². The number of halogens is 1. The molecule has 3 atom stereocenters. The first-order valence-corrected chi connectivity index (χ1v) is 8.57. The lowest BCUT2D eigenvalue weighted by atomic mass is 9.52. The average Bonchev–Trinajstić information content (AvgIpc) is 2.55. The Morgan fingerprint density at radius 1 is 1.28 bits per heavy atom. The van der Waals surface area contributed by atoms with Crippen molar-refractivity contribution < 1.29 is 18.8 Å². The molecule has 1 saturated carbocycles. The van der Waals surface area contributed by atoms with Gasteiger partial charge in [0.1, 0.15) is 17.6 Å². The topological polar surface area (TPSA) is 66.5 Å². The highest BCUT2D eigenvalue weighted by atomic mass is 19.1. The highest BCUT2D eigenvalue weighted by Crippen LogP contribution is 2.53. The molecule has 0 spiro atoms. The van der Waals surface area contributed by atoms with Gasteiger partial charge in [-0.15, -0.1) is 0 Å². The van der Waals surface area contributed by atoms with Crippen molar-refractivity contribution in [2.24, 2.45) is 17.3 Å². The fraction of sp³-hybridized carbons (Fsp3) is 0.526. The molecule has 1 aromatic rings. The molecule has 1 aliphatic heterocycles. The summed E-state index contributed by atoms with van der Waals surface area (Å²) < 4.78 is 12.9. The molecule has 25 heavy (non-hydrogen) atoms. The van der Waals surface area contributed by atoms with E-state index in [0.29, 0.717) is 18.7 Å². The van der Waals surface area contributed by atoms with Crippen molar-refractivity contribution >= 4 is 23.3 Å². The smallest absolute Gasteiger partial charge is 0.251 e. The summed E-state index contributed by atoms with van der Waals surface area (Å²) in [6.45, 7) is 6.02. The van der Waals surface area contributed by atoms with Crippen LogP contribution in [0.25, 0.3) is 0 Å². The van der Waals surface area contributed by atoms with Crippen LogP contribution >= 0.6 is 0 Å². The maximum absolute atomic E-state index is 12.9. The molecule has 1 N–H and O–H groups in total. The minimum Gasteiger partial charge on any atom is -0.343 e. The number of rotatable bonds is 5. The van der Waals surface area contributed by atoms with E-state index in [4.69, 9.17) is 0 Å². The number of hydrogen-bond donors (Lipinski definition) is 1. The van der Waals surface area contributed by atoms with Crippen LogP contribution in [0.5, 0.6) is 0 Å². The van der Waals surface area contributed by atoms with Gasteiger partial charge < -0.3 is 10.2 Å². The molecular formula is C19H23FN2O3. The van der Waals surface area contributed by atoms with Crippen molar-refractivity contribution in [2.75, 3.05) is 11.4 Å². The Morgan fingerprint density at radius 3 is 2.44 bits per heavy atom. The second kappa shape index (κ2) is 6.24. The molecule has 2 amide bonds. The van der Waals surface area contributed by atoms with Crippen LogP contribution in [0.3, 0.4) is 0 Å². The van der Waals surface area contributed by atoms with E-state index in [1.54, 1.807) is 19.1 Å². The molecule has 0 aromatic heterocycles. The highest BCUT2D eigenvalue weighted by Gasteiger charge is 2.51. The molecule has 6 heteroatoms. The third-order valence-corrected chi connectivity index (χ3v) is 5.80. The first kappa shape index (κ1) is 17.6. The lowest BCUT2D eigenvalue weighted by Gasteiger charge is -2.51. The summed E-state index contributed by atoms with van der Waals surface area (Å²) in [5.41, 5.74) is 0.453. The van der Waals surface area contributed by atoms with Crippen LogP contribution in [-0.4, -0.2) is 30.2 Å². The summed E-state index contributed by atoms with van der Waals surface area (Å²) in [5, 5.41) is 2.77. The zero-order chi connectivity index (χ0) is 18.4. The van der Waals surface area contributed by atoms with E-state index in [2.05, 4.69) is 5.32 Å². The fourth-order valence-corrected chi connectivity index (χ4v) is 3.92. The Kier molecular flexibility index (Phi) is 4.39. The summed E-state index contributed by atoms with van der Waals surface area (Å²) in [6.07, 6.45) is 1.06. The summed E-state index contributed by atoms with van der Waals surface area (Å²) in [6, 6.07) is 5.18. The van der Waals surface area contributed by atoms with Crippen LogP contribution < -0.4 is 10.2 Å².